The molecule has 7 heteroatoms. The van der Waals surface area contributed by atoms with Crippen LogP contribution >= 0.6 is 0 Å². The van der Waals surface area contributed by atoms with Gasteiger partial charge in [-0.05, 0) is 0 Å². The maximum Gasteiger partial charge on any atom is 0.289 e. The molecule has 0 unspecified atom stereocenters. The molecule has 0 spiro atoms. The Kier molecular flexibility index (Phi) is 1.50. The number of H-pyrrole nitrogens is 1. The summed E-state index contributed by atoms with van der Waals surface area (Å²) in [6.07, 6.45) is 0. The first kappa shape index (κ1) is 6.49. The van der Waals surface area contributed by atoms with E-state index in [0.717, 1.165) is 0 Å². The Bertz CT molecular complexity index is 241. The summed E-state index contributed by atoms with van der Waals surface area (Å²) in [5.74, 6) is 4.26. The fraction of sp³-hybridized carbons (Fsp3) is 0. The number of carbonyl (C=O) groups excluding carboxylic acids is 1. The molecule has 1 heterocycles. The van der Waals surface area contributed by atoms with Crippen LogP contribution in [0.25, 0.3) is 0 Å². The highest BCUT2D eigenvalue weighted by molar-refractivity contribution is 5.95. The number of aromatic nitrogens is 3. The molecule has 54 valence electrons. The van der Waals surface area contributed by atoms with Crippen LogP contribution in [0.2, 0.25) is 0 Å². The molecule has 0 radical (unpaired) electrons. The number of nitrogen functional groups attached to an aromatic ring is 2. The Morgan fingerprint density at radius 2 is 2.30 bits per heavy atom. The number of aromatic amines is 1. The van der Waals surface area contributed by atoms with Crippen molar-refractivity contribution in [2.24, 2.45) is 5.84 Å². The van der Waals surface area contributed by atoms with E-state index >= 15 is 0 Å². The van der Waals surface area contributed by atoms with Gasteiger partial charge in [-0.15, -0.1) is 10.2 Å². The van der Waals surface area contributed by atoms with Crippen LogP contribution in [-0.4, -0.2) is 21.3 Å². The van der Waals surface area contributed by atoms with Crippen molar-refractivity contribution >= 4 is 11.7 Å². The van der Waals surface area contributed by atoms with Crippen molar-refractivity contribution in [2.75, 3.05) is 5.73 Å². The Morgan fingerprint density at radius 3 is 2.70 bits per heavy atom. The summed E-state index contributed by atoms with van der Waals surface area (Å²) >= 11 is 0. The zero-order valence-corrected chi connectivity index (χ0v) is 4.96. The molecule has 6 N–H and O–H groups in total. The van der Waals surface area contributed by atoms with Crippen molar-refractivity contribution in [2.45, 2.75) is 0 Å². The first-order valence-corrected chi connectivity index (χ1v) is 2.43. The van der Waals surface area contributed by atoms with Crippen LogP contribution in [0.4, 0.5) is 5.82 Å². The average molecular weight is 142 g/mol. The second-order valence-electron chi connectivity index (χ2n) is 1.53. The van der Waals surface area contributed by atoms with E-state index in [2.05, 4.69) is 15.4 Å². The summed E-state index contributed by atoms with van der Waals surface area (Å²) in [4.78, 5) is 10.7. The minimum absolute atomic E-state index is 0.00231. The van der Waals surface area contributed by atoms with Gasteiger partial charge in [0.2, 0.25) is 0 Å². The monoisotopic (exact) mass is 142 g/mol. The molecule has 0 fully saturated rings. The molecule has 0 saturated heterocycles. The first-order valence-electron chi connectivity index (χ1n) is 2.43. The maximum atomic E-state index is 10.7. The van der Waals surface area contributed by atoms with Crippen molar-refractivity contribution in [1.82, 2.24) is 20.8 Å². The molecular weight excluding hydrogens is 136 g/mol. The topological polar surface area (TPSA) is 123 Å². The van der Waals surface area contributed by atoms with Gasteiger partial charge in [0.05, 0.1) is 0 Å². The lowest BCUT2D eigenvalue weighted by molar-refractivity contribution is 0.0949. The van der Waals surface area contributed by atoms with Crippen molar-refractivity contribution in [3.05, 3.63) is 5.69 Å². The van der Waals surface area contributed by atoms with Gasteiger partial charge in [0.25, 0.3) is 5.91 Å². The quantitative estimate of drug-likeness (QED) is 0.205. The number of nitrogens with two attached hydrogens (primary N) is 2. The molecule has 10 heavy (non-hydrogen) atoms. The molecule has 0 aliphatic heterocycles. The van der Waals surface area contributed by atoms with Crippen molar-refractivity contribution in [3.8, 4) is 0 Å². The number of hydrogen-bond acceptors (Lipinski definition) is 5. The molecule has 7 nitrogen and oxygen atoms in total. The number of nitrogens with zero attached hydrogens (tertiary/aromatic N) is 2. The lowest BCUT2D eigenvalue weighted by Gasteiger charge is -1.91. The fourth-order valence-electron chi connectivity index (χ4n) is 0.475. The predicted molar refractivity (Wildman–Crippen MR) is 32.4 cm³/mol. The lowest BCUT2D eigenvalue weighted by Crippen LogP contribution is -2.30. The Balaban J connectivity index is 2.93. The van der Waals surface area contributed by atoms with Crippen molar-refractivity contribution in [3.63, 3.8) is 0 Å². The molecule has 0 aromatic carbocycles. The third-order valence-electron chi connectivity index (χ3n) is 0.921. The number of hydrazine groups is 1. The predicted octanol–water partition coefficient (Wildman–Crippen LogP) is -2.01. The largest absolute Gasteiger partial charge is 0.380 e. The summed E-state index contributed by atoms with van der Waals surface area (Å²) in [6.45, 7) is 0. The van der Waals surface area contributed by atoms with Gasteiger partial charge in [-0.25, -0.2) is 5.84 Å². The highest BCUT2D eigenvalue weighted by Gasteiger charge is 2.11. The van der Waals surface area contributed by atoms with E-state index in [0.29, 0.717) is 0 Å². The second-order valence-corrected chi connectivity index (χ2v) is 1.53. The number of hydrogen-bond donors (Lipinski definition) is 4. The minimum atomic E-state index is -0.564. The van der Waals surface area contributed by atoms with Gasteiger partial charge in [-0.1, -0.05) is 0 Å². The molecule has 1 amide bonds. The maximum absolute atomic E-state index is 10.7. The van der Waals surface area contributed by atoms with Gasteiger partial charge in [-0.2, -0.15) is 5.21 Å². The third-order valence-corrected chi connectivity index (χ3v) is 0.921. The third kappa shape index (κ3) is 0.890. The van der Waals surface area contributed by atoms with Gasteiger partial charge in [0, 0.05) is 0 Å². The average Bonchev–Trinajstić information content (AvgIpc) is 2.34. The van der Waals surface area contributed by atoms with Crippen LogP contribution in [0.3, 0.4) is 0 Å². The van der Waals surface area contributed by atoms with Gasteiger partial charge in [0.15, 0.2) is 11.5 Å². The Labute approximate surface area is 55.7 Å². The van der Waals surface area contributed by atoms with E-state index in [1.807, 2.05) is 5.43 Å². The minimum Gasteiger partial charge on any atom is -0.380 e. The standard InChI is InChI=1S/C3H6N6O/c4-2-1(3(10)6-5)7-9-8-2/h5H2,(H,6,10)(H3,4,7,8,9). The van der Waals surface area contributed by atoms with Crippen LogP contribution in [0.1, 0.15) is 10.5 Å². The lowest BCUT2D eigenvalue weighted by atomic mass is 10.4. The fourth-order valence-corrected chi connectivity index (χ4v) is 0.475. The molecule has 0 saturated carbocycles. The van der Waals surface area contributed by atoms with E-state index in [1.165, 1.54) is 0 Å². The molecule has 1 aromatic rings. The zero-order chi connectivity index (χ0) is 7.56. The Morgan fingerprint density at radius 1 is 1.60 bits per heavy atom. The smallest absolute Gasteiger partial charge is 0.289 e. The van der Waals surface area contributed by atoms with Crippen LogP contribution in [0.5, 0.6) is 0 Å². The summed E-state index contributed by atoms with van der Waals surface area (Å²) in [5, 5.41) is 9.02. The normalized spacial score (nSPS) is 9.30. The van der Waals surface area contributed by atoms with E-state index < -0.39 is 5.91 Å². The number of rotatable bonds is 1. The highest BCUT2D eigenvalue weighted by Crippen LogP contribution is 1.99. The zero-order valence-electron chi connectivity index (χ0n) is 4.96. The summed E-state index contributed by atoms with van der Waals surface area (Å²) in [6, 6.07) is 0. The Hall–Kier alpha value is -1.63. The van der Waals surface area contributed by atoms with Crippen molar-refractivity contribution < 1.29 is 4.79 Å². The number of amides is 1. The number of anilines is 1. The van der Waals surface area contributed by atoms with E-state index in [9.17, 15) is 4.79 Å². The van der Waals surface area contributed by atoms with Crippen LogP contribution in [0.15, 0.2) is 0 Å². The molecule has 0 aliphatic rings. The van der Waals surface area contributed by atoms with Crippen LogP contribution in [-0.2, 0) is 0 Å². The molecule has 1 aromatic heterocycles. The molecule has 0 atom stereocenters. The summed E-state index contributed by atoms with van der Waals surface area (Å²) in [7, 11) is 0. The second kappa shape index (κ2) is 2.31. The number of nitrogens with one attached hydrogen (secondary N) is 2. The van der Waals surface area contributed by atoms with Gasteiger partial charge < -0.3 is 5.73 Å². The molecular formula is C3H6N6O. The first-order chi connectivity index (χ1) is 4.75. The molecule has 1 rings (SSSR count). The van der Waals surface area contributed by atoms with Gasteiger partial charge in [0.1, 0.15) is 0 Å². The van der Waals surface area contributed by atoms with Gasteiger partial charge in [-0.3, -0.25) is 10.2 Å². The van der Waals surface area contributed by atoms with E-state index in [-0.39, 0.29) is 11.5 Å². The van der Waals surface area contributed by atoms with Crippen LogP contribution in [0, 0.1) is 0 Å². The SMILES string of the molecule is NNC(=O)c1n[nH]nc1N. The van der Waals surface area contributed by atoms with Crippen molar-refractivity contribution in [1.29, 1.82) is 0 Å². The van der Waals surface area contributed by atoms with Crippen LogP contribution < -0.4 is 17.0 Å². The molecule has 0 aliphatic carbocycles. The number of carbonyl (C=O) groups is 1. The van der Waals surface area contributed by atoms with E-state index in [4.69, 9.17) is 11.6 Å². The summed E-state index contributed by atoms with van der Waals surface area (Å²) < 4.78 is 0. The molecule has 0 bridgehead atoms. The van der Waals surface area contributed by atoms with Gasteiger partial charge >= 0.3 is 0 Å². The highest BCUT2D eigenvalue weighted by atomic mass is 16.2. The van der Waals surface area contributed by atoms with E-state index in [1.54, 1.807) is 0 Å². The summed E-state index contributed by atoms with van der Waals surface area (Å²) in [5.41, 5.74) is 7.06.